The van der Waals surface area contributed by atoms with Crippen molar-refractivity contribution in [2.24, 2.45) is 0 Å². The third kappa shape index (κ3) is 4.02. The smallest absolute Gasteiger partial charge is 0.375 e. The third-order valence-electron chi connectivity index (χ3n) is 4.69. The van der Waals surface area contributed by atoms with E-state index < -0.39 is 5.97 Å². The highest BCUT2D eigenvalue weighted by atomic mass is 32.2. The van der Waals surface area contributed by atoms with Crippen LogP contribution in [0.25, 0.3) is 11.0 Å². The molecule has 0 saturated heterocycles. The summed E-state index contributed by atoms with van der Waals surface area (Å²) >= 11 is 1.71. The fourth-order valence-corrected chi connectivity index (χ4v) is 4.31. The molecular formula is C22H21NO5S. The SMILES string of the molecule is CCOCc1c(C(=O)OCC(=O)N2CCSc3ccccc32)oc2ccccc12. The molecule has 150 valence electrons. The average Bonchev–Trinajstić information content (AvgIpc) is 3.14. The molecule has 6 nitrogen and oxygen atoms in total. The fraction of sp³-hybridized carbons (Fsp3) is 0.273. The molecule has 0 atom stereocenters. The monoisotopic (exact) mass is 411 g/mol. The van der Waals surface area contributed by atoms with Crippen molar-refractivity contribution in [2.75, 3.05) is 30.4 Å². The molecule has 0 fully saturated rings. The molecule has 1 aliphatic heterocycles. The largest absolute Gasteiger partial charge is 0.450 e. The van der Waals surface area contributed by atoms with E-state index >= 15 is 0 Å². The van der Waals surface area contributed by atoms with Crippen LogP contribution in [0.4, 0.5) is 5.69 Å². The highest BCUT2D eigenvalue weighted by Crippen LogP contribution is 2.34. The summed E-state index contributed by atoms with van der Waals surface area (Å²) in [6.45, 7) is 2.87. The first kappa shape index (κ1) is 19.5. The number of carbonyl (C=O) groups is 2. The molecule has 4 rings (SSSR count). The maximum atomic E-state index is 12.7. The molecule has 1 aromatic heterocycles. The molecule has 0 bridgehead atoms. The Kier molecular flexibility index (Phi) is 5.87. The summed E-state index contributed by atoms with van der Waals surface area (Å²) in [5.41, 5.74) is 2.08. The Labute approximate surface area is 172 Å². The zero-order valence-corrected chi connectivity index (χ0v) is 16.9. The highest BCUT2D eigenvalue weighted by molar-refractivity contribution is 7.99. The van der Waals surface area contributed by atoms with Gasteiger partial charge in [0.25, 0.3) is 5.91 Å². The second-order valence-corrected chi connectivity index (χ2v) is 7.62. The van der Waals surface area contributed by atoms with Gasteiger partial charge in [0.15, 0.2) is 6.61 Å². The number of hydrogen-bond donors (Lipinski definition) is 0. The van der Waals surface area contributed by atoms with Gasteiger partial charge in [-0.25, -0.2) is 4.79 Å². The van der Waals surface area contributed by atoms with Crippen LogP contribution >= 0.6 is 11.8 Å². The van der Waals surface area contributed by atoms with Crippen LogP contribution in [0, 0.1) is 0 Å². The molecule has 0 spiro atoms. The van der Waals surface area contributed by atoms with Gasteiger partial charge in [-0.15, -0.1) is 11.8 Å². The van der Waals surface area contributed by atoms with E-state index in [1.54, 1.807) is 22.7 Å². The van der Waals surface area contributed by atoms with Crippen LogP contribution in [0.1, 0.15) is 23.0 Å². The predicted octanol–water partition coefficient (Wildman–Crippen LogP) is 4.27. The van der Waals surface area contributed by atoms with Crippen molar-refractivity contribution >= 4 is 40.3 Å². The Morgan fingerprint density at radius 3 is 2.79 bits per heavy atom. The van der Waals surface area contributed by atoms with Crippen molar-refractivity contribution in [1.82, 2.24) is 0 Å². The Morgan fingerprint density at radius 1 is 1.14 bits per heavy atom. The van der Waals surface area contributed by atoms with Crippen LogP contribution in [0.5, 0.6) is 0 Å². The number of carbonyl (C=O) groups excluding carboxylic acids is 2. The summed E-state index contributed by atoms with van der Waals surface area (Å²) < 4.78 is 16.5. The highest BCUT2D eigenvalue weighted by Gasteiger charge is 2.26. The van der Waals surface area contributed by atoms with Crippen molar-refractivity contribution in [3.05, 3.63) is 59.9 Å². The number of fused-ring (bicyclic) bond motifs is 2. The lowest BCUT2D eigenvalue weighted by atomic mass is 10.1. The first-order valence-corrected chi connectivity index (χ1v) is 10.4. The van der Waals surface area contributed by atoms with Crippen LogP contribution in [0.15, 0.2) is 57.8 Å². The first-order valence-electron chi connectivity index (χ1n) is 9.46. The number of nitrogens with zero attached hydrogens (tertiary/aromatic N) is 1. The number of rotatable bonds is 6. The maximum Gasteiger partial charge on any atom is 0.375 e. The summed E-state index contributed by atoms with van der Waals surface area (Å²) in [6.07, 6.45) is 0. The Bertz CT molecular complexity index is 1040. The van der Waals surface area contributed by atoms with Gasteiger partial charge >= 0.3 is 5.97 Å². The molecule has 0 N–H and O–H groups in total. The number of para-hydroxylation sites is 2. The first-order chi connectivity index (χ1) is 14.2. The number of furan rings is 1. The minimum Gasteiger partial charge on any atom is -0.450 e. The van der Waals surface area contributed by atoms with Gasteiger partial charge in [0.05, 0.1) is 12.3 Å². The molecule has 0 saturated carbocycles. The quantitative estimate of drug-likeness (QED) is 0.565. The summed E-state index contributed by atoms with van der Waals surface area (Å²) in [4.78, 5) is 28.1. The van der Waals surface area contributed by atoms with Crippen molar-refractivity contribution in [1.29, 1.82) is 0 Å². The lowest BCUT2D eigenvalue weighted by Gasteiger charge is -2.28. The third-order valence-corrected chi connectivity index (χ3v) is 5.73. The van der Waals surface area contributed by atoms with Gasteiger partial charge in [0, 0.05) is 34.7 Å². The standard InChI is InChI=1S/C22H21NO5S/c1-2-26-13-16-15-7-3-5-9-18(15)28-21(16)22(25)27-14-20(24)23-11-12-29-19-10-6-4-8-17(19)23/h3-10H,2,11-14H2,1H3. The molecule has 1 aliphatic rings. The Hall–Kier alpha value is -2.77. The van der Waals surface area contributed by atoms with E-state index in [-0.39, 0.29) is 24.9 Å². The number of ether oxygens (including phenoxy) is 2. The second-order valence-electron chi connectivity index (χ2n) is 6.48. The predicted molar refractivity (Wildman–Crippen MR) is 111 cm³/mol. The van der Waals surface area contributed by atoms with Crippen molar-refractivity contribution in [2.45, 2.75) is 18.4 Å². The molecule has 3 aromatic rings. The topological polar surface area (TPSA) is 69.0 Å². The maximum absolute atomic E-state index is 12.7. The van der Waals surface area contributed by atoms with E-state index in [1.807, 2.05) is 49.4 Å². The molecule has 7 heteroatoms. The number of esters is 1. The fourth-order valence-electron chi connectivity index (χ4n) is 3.31. The average molecular weight is 411 g/mol. The summed E-state index contributed by atoms with van der Waals surface area (Å²) in [5, 5.41) is 0.807. The van der Waals surface area contributed by atoms with E-state index in [9.17, 15) is 9.59 Å². The zero-order chi connectivity index (χ0) is 20.2. The molecule has 0 unspecified atom stereocenters. The van der Waals surface area contributed by atoms with E-state index in [0.717, 1.165) is 21.7 Å². The molecule has 0 radical (unpaired) electrons. The van der Waals surface area contributed by atoms with Gasteiger partial charge in [0.1, 0.15) is 5.58 Å². The van der Waals surface area contributed by atoms with E-state index in [2.05, 4.69) is 0 Å². The van der Waals surface area contributed by atoms with Crippen molar-refractivity contribution < 1.29 is 23.5 Å². The van der Waals surface area contributed by atoms with Crippen molar-refractivity contribution in [3.63, 3.8) is 0 Å². The number of hydrogen-bond acceptors (Lipinski definition) is 6. The normalized spacial score (nSPS) is 13.3. The van der Waals surface area contributed by atoms with Gasteiger partial charge in [0.2, 0.25) is 5.76 Å². The summed E-state index contributed by atoms with van der Waals surface area (Å²) in [6, 6.07) is 15.1. The number of anilines is 1. The molecule has 2 aromatic carbocycles. The zero-order valence-electron chi connectivity index (χ0n) is 16.1. The summed E-state index contributed by atoms with van der Waals surface area (Å²) in [5.74, 6) is -0.0294. The van der Waals surface area contributed by atoms with Crippen LogP contribution in [-0.2, 0) is 20.9 Å². The second kappa shape index (κ2) is 8.71. The molecule has 29 heavy (non-hydrogen) atoms. The lowest BCUT2D eigenvalue weighted by molar-refractivity contribution is -0.121. The van der Waals surface area contributed by atoms with Crippen molar-refractivity contribution in [3.8, 4) is 0 Å². The molecule has 2 heterocycles. The molecular weight excluding hydrogens is 390 g/mol. The van der Waals surface area contributed by atoms with Gasteiger partial charge in [-0.3, -0.25) is 4.79 Å². The Morgan fingerprint density at radius 2 is 1.93 bits per heavy atom. The number of amides is 1. The number of thioether (sulfide) groups is 1. The van der Waals surface area contributed by atoms with Crippen LogP contribution in [0.3, 0.4) is 0 Å². The van der Waals surface area contributed by atoms with E-state index in [0.29, 0.717) is 24.3 Å². The Balaban J connectivity index is 1.50. The van der Waals surface area contributed by atoms with Crippen LogP contribution in [0.2, 0.25) is 0 Å². The van der Waals surface area contributed by atoms with Gasteiger partial charge in [-0.2, -0.15) is 0 Å². The van der Waals surface area contributed by atoms with Crippen LogP contribution in [-0.4, -0.2) is 37.4 Å². The van der Waals surface area contributed by atoms with E-state index in [1.165, 1.54) is 0 Å². The van der Waals surface area contributed by atoms with Gasteiger partial charge in [-0.1, -0.05) is 30.3 Å². The summed E-state index contributed by atoms with van der Waals surface area (Å²) in [7, 11) is 0. The van der Waals surface area contributed by atoms with Gasteiger partial charge < -0.3 is 18.8 Å². The lowest BCUT2D eigenvalue weighted by Crippen LogP contribution is -2.38. The van der Waals surface area contributed by atoms with Gasteiger partial charge in [-0.05, 0) is 25.1 Å². The van der Waals surface area contributed by atoms with E-state index in [4.69, 9.17) is 13.9 Å². The minimum atomic E-state index is -0.663. The van der Waals surface area contributed by atoms with Crippen LogP contribution < -0.4 is 4.90 Å². The molecule has 1 amide bonds. The molecule has 0 aliphatic carbocycles. The minimum absolute atomic E-state index is 0.0852. The number of benzene rings is 2.